The van der Waals surface area contributed by atoms with Gasteiger partial charge in [0.25, 0.3) is 0 Å². The molecule has 100 valence electrons. The molecule has 0 saturated carbocycles. The molecule has 0 atom stereocenters. The second-order valence-electron chi connectivity index (χ2n) is 5.66. The van der Waals surface area contributed by atoms with Gasteiger partial charge in [0.15, 0.2) is 5.78 Å². The number of benzene rings is 1. The molecule has 1 aromatic carbocycles. The van der Waals surface area contributed by atoms with Crippen LogP contribution in [-0.4, -0.2) is 22.1 Å². The Labute approximate surface area is 112 Å². The second-order valence-corrected chi connectivity index (χ2v) is 5.66. The second kappa shape index (κ2) is 4.53. The maximum absolute atomic E-state index is 12.2. The summed E-state index contributed by atoms with van der Waals surface area (Å²) in [5, 5.41) is 14.4. The number of aliphatic hydroxyl groups is 1. The van der Waals surface area contributed by atoms with Crippen LogP contribution < -0.4 is 5.43 Å². The fraction of sp³-hybridized carbons (Fsp3) is 0.333. The number of fused-ring (bicyclic) bond motifs is 1. The molecule has 0 unspecified atom stereocenters. The Morgan fingerprint density at radius 2 is 1.79 bits per heavy atom. The van der Waals surface area contributed by atoms with Crippen molar-refractivity contribution in [3.05, 3.63) is 41.0 Å². The molecule has 0 saturated heterocycles. The molecule has 0 radical (unpaired) electrons. The van der Waals surface area contributed by atoms with E-state index in [0.29, 0.717) is 16.8 Å². The summed E-state index contributed by atoms with van der Waals surface area (Å²) in [6.07, 6.45) is 0. The molecule has 2 rings (SSSR count). The van der Waals surface area contributed by atoms with Gasteiger partial charge in [0.2, 0.25) is 0 Å². The average molecular weight is 258 g/mol. The maximum Gasteiger partial charge on any atom is 0.199 e. The van der Waals surface area contributed by atoms with Crippen molar-refractivity contribution >= 4 is 17.3 Å². The fourth-order valence-electron chi connectivity index (χ4n) is 1.91. The van der Waals surface area contributed by atoms with Crippen molar-refractivity contribution < 1.29 is 9.90 Å². The third kappa shape index (κ3) is 2.52. The summed E-state index contributed by atoms with van der Waals surface area (Å²) in [5.41, 5.74) is 4.64. The van der Waals surface area contributed by atoms with Gasteiger partial charge in [-0.25, -0.2) is 0 Å². The third-order valence-electron chi connectivity index (χ3n) is 2.81. The van der Waals surface area contributed by atoms with Crippen molar-refractivity contribution in [2.75, 3.05) is 0 Å². The zero-order chi connectivity index (χ0) is 14.2. The van der Waals surface area contributed by atoms with Gasteiger partial charge in [-0.2, -0.15) is 5.10 Å². The van der Waals surface area contributed by atoms with E-state index in [1.54, 1.807) is 31.2 Å². The number of carbonyl (C=O) groups is 1. The van der Waals surface area contributed by atoms with Crippen molar-refractivity contribution in [1.82, 2.24) is 5.43 Å². The quantitative estimate of drug-likeness (QED) is 0.633. The van der Waals surface area contributed by atoms with Crippen LogP contribution in [0.4, 0.5) is 0 Å². The van der Waals surface area contributed by atoms with E-state index in [-0.39, 0.29) is 22.7 Å². The topological polar surface area (TPSA) is 61.7 Å². The summed E-state index contributed by atoms with van der Waals surface area (Å²) < 4.78 is 0. The number of hydrogen-bond donors (Lipinski definition) is 2. The van der Waals surface area contributed by atoms with Crippen LogP contribution in [0.15, 0.2) is 34.9 Å². The van der Waals surface area contributed by atoms with Crippen molar-refractivity contribution in [2.24, 2.45) is 5.10 Å². The van der Waals surface area contributed by atoms with Crippen LogP contribution in [0.2, 0.25) is 0 Å². The summed E-state index contributed by atoms with van der Waals surface area (Å²) in [5.74, 6) is -0.164. The summed E-state index contributed by atoms with van der Waals surface area (Å²) in [4.78, 5) is 12.2. The minimum absolute atomic E-state index is 0.0116. The van der Waals surface area contributed by atoms with Crippen LogP contribution in [0.5, 0.6) is 0 Å². The Balaban J connectivity index is 2.38. The number of Topliss-reactive ketones (excluding diaryl/α,β-unsaturated/α-hetero) is 1. The van der Waals surface area contributed by atoms with E-state index in [4.69, 9.17) is 0 Å². The average Bonchev–Trinajstić information content (AvgIpc) is 2.59. The van der Waals surface area contributed by atoms with E-state index in [9.17, 15) is 9.90 Å². The highest BCUT2D eigenvalue weighted by Crippen LogP contribution is 2.31. The largest absolute Gasteiger partial charge is 0.506 e. The van der Waals surface area contributed by atoms with Gasteiger partial charge in [0, 0.05) is 16.7 Å². The van der Waals surface area contributed by atoms with Crippen LogP contribution >= 0.6 is 0 Å². The van der Waals surface area contributed by atoms with Crippen molar-refractivity contribution in [3.8, 4) is 0 Å². The first kappa shape index (κ1) is 13.3. The molecule has 0 bridgehead atoms. The summed E-state index contributed by atoms with van der Waals surface area (Å²) in [7, 11) is 0. The molecule has 0 aliphatic heterocycles. The number of rotatable bonds is 2. The fourth-order valence-corrected chi connectivity index (χ4v) is 1.91. The molecule has 4 nitrogen and oxygen atoms in total. The Kier molecular flexibility index (Phi) is 3.18. The standard InChI is InChI=1S/C15H18N2O2/c1-9(16-17-15(2,3)4)12-13(18)10-7-5-6-8-11(10)14(12)19/h5-8,17-18H,1-4H3/b16-9+. The van der Waals surface area contributed by atoms with E-state index in [2.05, 4.69) is 10.5 Å². The minimum atomic E-state index is -0.189. The summed E-state index contributed by atoms with van der Waals surface area (Å²) in [6, 6.07) is 7.03. The van der Waals surface area contributed by atoms with Crippen LogP contribution in [0.1, 0.15) is 43.6 Å². The molecule has 1 aliphatic rings. The van der Waals surface area contributed by atoms with Gasteiger partial charge in [0.05, 0.1) is 11.3 Å². The zero-order valence-electron chi connectivity index (χ0n) is 11.6. The molecule has 0 spiro atoms. The number of carbonyl (C=O) groups excluding carboxylic acids is 1. The van der Waals surface area contributed by atoms with Crippen LogP contribution in [0.25, 0.3) is 5.76 Å². The molecule has 0 fully saturated rings. The molecule has 0 amide bonds. The first-order valence-electron chi connectivity index (χ1n) is 6.20. The van der Waals surface area contributed by atoms with Crippen LogP contribution in [0, 0.1) is 0 Å². The minimum Gasteiger partial charge on any atom is -0.506 e. The maximum atomic E-state index is 12.2. The Hall–Kier alpha value is -2.10. The third-order valence-corrected chi connectivity index (χ3v) is 2.81. The number of hydrazone groups is 1. The molecule has 0 heterocycles. The Morgan fingerprint density at radius 1 is 1.21 bits per heavy atom. The van der Waals surface area contributed by atoms with Gasteiger partial charge in [-0.15, -0.1) is 0 Å². The summed E-state index contributed by atoms with van der Waals surface area (Å²) >= 11 is 0. The molecular weight excluding hydrogens is 240 g/mol. The van der Waals surface area contributed by atoms with Crippen molar-refractivity contribution in [1.29, 1.82) is 0 Å². The van der Waals surface area contributed by atoms with Gasteiger partial charge in [-0.05, 0) is 27.7 Å². The van der Waals surface area contributed by atoms with E-state index in [1.807, 2.05) is 20.8 Å². The van der Waals surface area contributed by atoms with Gasteiger partial charge in [0.1, 0.15) is 5.76 Å². The number of nitrogens with one attached hydrogen (secondary N) is 1. The lowest BCUT2D eigenvalue weighted by Crippen LogP contribution is -2.32. The summed E-state index contributed by atoms with van der Waals surface area (Å²) in [6.45, 7) is 7.64. The molecule has 4 heteroatoms. The normalized spacial score (nSPS) is 15.8. The lowest BCUT2D eigenvalue weighted by atomic mass is 10.1. The van der Waals surface area contributed by atoms with Gasteiger partial charge < -0.3 is 10.5 Å². The van der Waals surface area contributed by atoms with Crippen LogP contribution in [-0.2, 0) is 0 Å². The van der Waals surface area contributed by atoms with E-state index in [0.717, 1.165) is 0 Å². The highest BCUT2D eigenvalue weighted by atomic mass is 16.3. The molecule has 19 heavy (non-hydrogen) atoms. The Morgan fingerprint density at radius 3 is 2.32 bits per heavy atom. The number of aliphatic hydroxyl groups excluding tert-OH is 1. The van der Waals surface area contributed by atoms with Crippen molar-refractivity contribution in [2.45, 2.75) is 33.2 Å². The number of allylic oxidation sites excluding steroid dienone is 1. The Bertz CT molecular complexity index is 592. The highest BCUT2D eigenvalue weighted by molar-refractivity contribution is 6.35. The van der Waals surface area contributed by atoms with Gasteiger partial charge in [-0.1, -0.05) is 24.3 Å². The van der Waals surface area contributed by atoms with Gasteiger partial charge >= 0.3 is 0 Å². The SMILES string of the molecule is C/C(=N\NC(C)(C)C)C1=C(O)c2ccccc2C1=O. The predicted molar refractivity (Wildman–Crippen MR) is 76.3 cm³/mol. The lowest BCUT2D eigenvalue weighted by Gasteiger charge is -2.18. The number of nitrogens with zero attached hydrogens (tertiary/aromatic N) is 1. The highest BCUT2D eigenvalue weighted by Gasteiger charge is 2.31. The number of ketones is 1. The van der Waals surface area contributed by atoms with Gasteiger partial charge in [-0.3, -0.25) is 4.79 Å². The molecule has 1 aromatic rings. The number of hydrogen-bond acceptors (Lipinski definition) is 4. The van der Waals surface area contributed by atoms with E-state index < -0.39 is 0 Å². The smallest absolute Gasteiger partial charge is 0.199 e. The predicted octanol–water partition coefficient (Wildman–Crippen LogP) is 2.92. The van der Waals surface area contributed by atoms with E-state index in [1.165, 1.54) is 0 Å². The molecular formula is C15H18N2O2. The first-order valence-corrected chi connectivity index (χ1v) is 6.20. The molecule has 1 aliphatic carbocycles. The zero-order valence-corrected chi connectivity index (χ0v) is 11.6. The molecule has 0 aromatic heterocycles. The van der Waals surface area contributed by atoms with Crippen LogP contribution in [0.3, 0.4) is 0 Å². The van der Waals surface area contributed by atoms with E-state index >= 15 is 0 Å². The lowest BCUT2D eigenvalue weighted by molar-refractivity contribution is 0.104. The molecule has 2 N–H and O–H groups in total. The van der Waals surface area contributed by atoms with Crippen molar-refractivity contribution in [3.63, 3.8) is 0 Å². The first-order chi connectivity index (χ1) is 8.81. The monoisotopic (exact) mass is 258 g/mol.